The van der Waals surface area contributed by atoms with E-state index < -0.39 is 0 Å². The van der Waals surface area contributed by atoms with Crippen LogP contribution in [0.4, 0.5) is 5.69 Å². The average Bonchev–Trinajstić information content (AvgIpc) is 3.24. The summed E-state index contributed by atoms with van der Waals surface area (Å²) < 4.78 is 7.82. The summed E-state index contributed by atoms with van der Waals surface area (Å²) in [5, 5.41) is 5.78. The number of fused-ring (bicyclic) bond motifs is 1. The average molecular weight is 457 g/mol. The van der Waals surface area contributed by atoms with Gasteiger partial charge in [-0.3, -0.25) is 9.59 Å². The summed E-state index contributed by atoms with van der Waals surface area (Å²) in [4.78, 5) is 28.9. The lowest BCUT2D eigenvalue weighted by atomic mass is 10.1. The zero-order valence-corrected chi connectivity index (χ0v) is 19.4. The Morgan fingerprint density at radius 1 is 1.03 bits per heavy atom. The van der Waals surface area contributed by atoms with E-state index in [0.717, 1.165) is 34.6 Å². The maximum atomic E-state index is 12.5. The zero-order chi connectivity index (χ0) is 23.9. The summed E-state index contributed by atoms with van der Waals surface area (Å²) >= 11 is 0. The minimum Gasteiger partial charge on any atom is -0.487 e. The number of ether oxygens (including phenoxy) is 1. The lowest BCUT2D eigenvalue weighted by Gasteiger charge is -2.09. The second kappa shape index (κ2) is 10.7. The Morgan fingerprint density at radius 3 is 2.65 bits per heavy atom. The van der Waals surface area contributed by atoms with E-state index in [-0.39, 0.29) is 11.8 Å². The van der Waals surface area contributed by atoms with Crippen molar-refractivity contribution in [3.05, 3.63) is 95.4 Å². The first-order chi connectivity index (χ1) is 16.5. The molecular formula is C27H28N4O3. The van der Waals surface area contributed by atoms with Crippen molar-refractivity contribution in [1.29, 1.82) is 0 Å². The summed E-state index contributed by atoms with van der Waals surface area (Å²) in [6.07, 6.45) is 5.26. The number of anilines is 1. The number of aromatic nitrogens is 2. The first kappa shape index (κ1) is 23.0. The molecule has 0 aliphatic carbocycles. The molecule has 0 radical (unpaired) electrons. The molecule has 2 heterocycles. The van der Waals surface area contributed by atoms with Crippen LogP contribution in [0.25, 0.3) is 5.65 Å². The second-order valence-corrected chi connectivity index (χ2v) is 8.20. The fourth-order valence-corrected chi connectivity index (χ4v) is 3.58. The molecule has 2 aromatic heterocycles. The summed E-state index contributed by atoms with van der Waals surface area (Å²) in [6, 6.07) is 18.5. The molecule has 0 bridgehead atoms. The maximum absolute atomic E-state index is 12.5. The molecule has 2 aromatic carbocycles. The number of aryl methyl sites for hydroxylation is 1. The van der Waals surface area contributed by atoms with E-state index >= 15 is 0 Å². The van der Waals surface area contributed by atoms with Gasteiger partial charge in [-0.2, -0.15) is 0 Å². The van der Waals surface area contributed by atoms with Crippen molar-refractivity contribution in [3.63, 3.8) is 0 Å². The fourth-order valence-electron chi connectivity index (χ4n) is 3.58. The fraction of sp³-hybridized carbons (Fsp3) is 0.222. The van der Waals surface area contributed by atoms with Crippen LogP contribution in [-0.2, 0) is 17.9 Å². The molecular weight excluding hydrogens is 428 g/mol. The lowest BCUT2D eigenvalue weighted by molar-refractivity contribution is -0.116. The first-order valence-electron chi connectivity index (χ1n) is 11.3. The summed E-state index contributed by atoms with van der Waals surface area (Å²) in [7, 11) is 0. The van der Waals surface area contributed by atoms with Gasteiger partial charge in [0.1, 0.15) is 18.0 Å². The van der Waals surface area contributed by atoms with Crippen molar-refractivity contribution >= 4 is 23.1 Å². The van der Waals surface area contributed by atoms with Gasteiger partial charge >= 0.3 is 0 Å². The third kappa shape index (κ3) is 6.01. The van der Waals surface area contributed by atoms with Crippen LogP contribution in [0, 0.1) is 6.92 Å². The van der Waals surface area contributed by atoms with Crippen LogP contribution >= 0.6 is 0 Å². The Labute approximate surface area is 198 Å². The number of imidazole rings is 1. The van der Waals surface area contributed by atoms with Gasteiger partial charge in [0, 0.05) is 36.6 Å². The smallest absolute Gasteiger partial charge is 0.251 e. The SMILES string of the molecule is CCCC(=O)Nc1cccc(CNC(=O)c2ccc(OCc3cn4cc(C)ccc4n3)cc2)c1. The highest BCUT2D eigenvalue weighted by molar-refractivity contribution is 5.94. The van der Waals surface area contributed by atoms with Gasteiger partial charge in [0.15, 0.2) is 0 Å². The Bertz CT molecular complexity index is 1290. The summed E-state index contributed by atoms with van der Waals surface area (Å²) in [5.41, 5.74) is 5.06. The highest BCUT2D eigenvalue weighted by Crippen LogP contribution is 2.16. The Kier molecular flexibility index (Phi) is 7.22. The van der Waals surface area contributed by atoms with E-state index in [1.54, 1.807) is 24.3 Å². The molecule has 0 saturated heterocycles. The van der Waals surface area contributed by atoms with E-state index in [1.807, 2.05) is 67.0 Å². The minimum absolute atomic E-state index is 0.0118. The van der Waals surface area contributed by atoms with E-state index in [0.29, 0.717) is 30.9 Å². The lowest BCUT2D eigenvalue weighted by Crippen LogP contribution is -2.22. The standard InChI is InChI=1S/C27H28N4O3/c1-3-5-26(32)30-22-7-4-6-20(14-22)15-28-27(33)21-9-11-24(12-10-21)34-18-23-17-31-16-19(2)8-13-25(31)29-23/h4,6-14,16-17H,3,5,15,18H2,1-2H3,(H,28,33)(H,30,32). The highest BCUT2D eigenvalue weighted by Gasteiger charge is 2.08. The molecule has 174 valence electrons. The molecule has 0 saturated carbocycles. The van der Waals surface area contributed by atoms with Crippen LogP contribution in [-0.4, -0.2) is 21.2 Å². The molecule has 7 heteroatoms. The molecule has 2 N–H and O–H groups in total. The van der Waals surface area contributed by atoms with Gasteiger partial charge in [0.25, 0.3) is 5.91 Å². The molecule has 0 atom stereocenters. The third-order valence-corrected chi connectivity index (χ3v) is 5.29. The van der Waals surface area contributed by atoms with Crippen molar-refractivity contribution < 1.29 is 14.3 Å². The van der Waals surface area contributed by atoms with Gasteiger partial charge < -0.3 is 19.8 Å². The largest absolute Gasteiger partial charge is 0.487 e. The molecule has 4 aromatic rings. The maximum Gasteiger partial charge on any atom is 0.251 e. The van der Waals surface area contributed by atoms with Crippen molar-refractivity contribution in [2.24, 2.45) is 0 Å². The molecule has 2 amide bonds. The molecule has 7 nitrogen and oxygen atoms in total. The molecule has 4 rings (SSSR count). The van der Waals surface area contributed by atoms with Gasteiger partial charge in [0.05, 0.1) is 5.69 Å². The van der Waals surface area contributed by atoms with E-state index in [9.17, 15) is 9.59 Å². The summed E-state index contributed by atoms with van der Waals surface area (Å²) in [5.74, 6) is 0.477. The monoisotopic (exact) mass is 456 g/mol. The predicted octanol–water partition coefficient (Wildman–Crippen LogP) is 4.89. The van der Waals surface area contributed by atoms with Crippen molar-refractivity contribution in [2.45, 2.75) is 39.8 Å². The van der Waals surface area contributed by atoms with Gasteiger partial charge in [-0.1, -0.05) is 25.1 Å². The van der Waals surface area contributed by atoms with Crippen LogP contribution in [0.5, 0.6) is 5.75 Å². The third-order valence-electron chi connectivity index (χ3n) is 5.29. The van der Waals surface area contributed by atoms with Crippen molar-refractivity contribution in [1.82, 2.24) is 14.7 Å². The zero-order valence-electron chi connectivity index (χ0n) is 19.4. The predicted molar refractivity (Wildman–Crippen MR) is 132 cm³/mol. The Morgan fingerprint density at radius 2 is 1.85 bits per heavy atom. The number of carbonyl (C=O) groups excluding carboxylic acids is 2. The molecule has 0 aliphatic rings. The number of pyridine rings is 1. The molecule has 0 fully saturated rings. The van der Waals surface area contributed by atoms with Gasteiger partial charge in [-0.05, 0) is 66.9 Å². The van der Waals surface area contributed by atoms with E-state index in [1.165, 1.54) is 0 Å². The Hall–Kier alpha value is -4.13. The van der Waals surface area contributed by atoms with Crippen LogP contribution in [0.2, 0.25) is 0 Å². The number of nitrogens with zero attached hydrogens (tertiary/aromatic N) is 2. The van der Waals surface area contributed by atoms with Crippen LogP contribution in [0.1, 0.15) is 46.9 Å². The van der Waals surface area contributed by atoms with Gasteiger partial charge in [-0.25, -0.2) is 4.98 Å². The number of nitrogens with one attached hydrogen (secondary N) is 2. The number of hydrogen-bond acceptors (Lipinski definition) is 4. The molecule has 0 unspecified atom stereocenters. The quantitative estimate of drug-likeness (QED) is 0.376. The summed E-state index contributed by atoms with van der Waals surface area (Å²) in [6.45, 7) is 4.71. The first-order valence-corrected chi connectivity index (χ1v) is 11.3. The topological polar surface area (TPSA) is 84.7 Å². The second-order valence-electron chi connectivity index (χ2n) is 8.20. The van der Waals surface area contributed by atoms with E-state index in [2.05, 4.69) is 15.6 Å². The number of carbonyl (C=O) groups is 2. The number of amides is 2. The van der Waals surface area contributed by atoms with Crippen LogP contribution in [0.15, 0.2) is 73.1 Å². The van der Waals surface area contributed by atoms with E-state index in [4.69, 9.17) is 4.74 Å². The Balaban J connectivity index is 1.29. The molecule has 0 aliphatic heterocycles. The number of hydrogen-bond donors (Lipinski definition) is 2. The number of rotatable bonds is 9. The highest BCUT2D eigenvalue weighted by atomic mass is 16.5. The van der Waals surface area contributed by atoms with Crippen molar-refractivity contribution in [2.75, 3.05) is 5.32 Å². The minimum atomic E-state index is -0.178. The molecule has 0 spiro atoms. The van der Waals surface area contributed by atoms with Gasteiger partial charge in [-0.15, -0.1) is 0 Å². The number of benzene rings is 2. The molecule has 34 heavy (non-hydrogen) atoms. The van der Waals surface area contributed by atoms with Gasteiger partial charge in [0.2, 0.25) is 5.91 Å². The van der Waals surface area contributed by atoms with Crippen molar-refractivity contribution in [3.8, 4) is 5.75 Å². The van der Waals surface area contributed by atoms with Crippen LogP contribution < -0.4 is 15.4 Å². The normalized spacial score (nSPS) is 10.8. The van der Waals surface area contributed by atoms with Crippen LogP contribution in [0.3, 0.4) is 0 Å².